The van der Waals surface area contributed by atoms with Gasteiger partial charge in [0.15, 0.2) is 6.04 Å². The van der Waals surface area contributed by atoms with E-state index >= 15 is 0 Å². The highest BCUT2D eigenvalue weighted by Crippen LogP contribution is 2.24. The highest BCUT2D eigenvalue weighted by molar-refractivity contribution is 6.11. The van der Waals surface area contributed by atoms with Crippen LogP contribution in [0.3, 0.4) is 0 Å². The number of allylic oxidation sites excluding steroid dienone is 4. The number of benzene rings is 1. The second kappa shape index (κ2) is 7.31. The van der Waals surface area contributed by atoms with Crippen LogP contribution in [-0.2, 0) is 11.2 Å². The summed E-state index contributed by atoms with van der Waals surface area (Å²) in [5.41, 5.74) is 3.26. The van der Waals surface area contributed by atoms with Gasteiger partial charge in [-0.2, -0.15) is 15.3 Å². The van der Waals surface area contributed by atoms with E-state index in [9.17, 15) is 4.79 Å². The Labute approximate surface area is 140 Å². The zero-order valence-electron chi connectivity index (χ0n) is 13.6. The molecule has 6 heteroatoms. The molecule has 1 N–H and O–H groups in total. The average Bonchev–Trinajstić information content (AvgIpc) is 2.90. The molecule has 0 saturated heterocycles. The van der Waals surface area contributed by atoms with Crippen molar-refractivity contribution in [2.75, 3.05) is 6.61 Å². The molecule has 1 aliphatic heterocycles. The summed E-state index contributed by atoms with van der Waals surface area (Å²) in [6, 6.07) is 6.79. The van der Waals surface area contributed by atoms with Gasteiger partial charge in [0, 0.05) is 12.3 Å². The second-order valence-corrected chi connectivity index (χ2v) is 5.77. The highest BCUT2D eigenvalue weighted by atomic mass is 16.3. The van der Waals surface area contributed by atoms with Gasteiger partial charge in [0.2, 0.25) is 0 Å². The molecule has 24 heavy (non-hydrogen) atoms. The van der Waals surface area contributed by atoms with Gasteiger partial charge < -0.3 is 5.11 Å². The number of carbonyl (C=O) groups excluding carboxylic acids is 1. The average molecular weight is 324 g/mol. The van der Waals surface area contributed by atoms with E-state index in [1.165, 1.54) is 5.01 Å². The first-order valence-electron chi connectivity index (χ1n) is 8.04. The minimum atomic E-state index is -0.658. The number of aliphatic hydroxyl groups is 1. The van der Waals surface area contributed by atoms with Crippen molar-refractivity contribution in [1.82, 2.24) is 5.01 Å². The van der Waals surface area contributed by atoms with Crippen molar-refractivity contribution in [3.05, 3.63) is 53.8 Å². The molecule has 1 aromatic carbocycles. The Kier molecular flexibility index (Phi) is 4.96. The Bertz CT molecular complexity index is 732. The van der Waals surface area contributed by atoms with Crippen LogP contribution in [0.2, 0.25) is 0 Å². The van der Waals surface area contributed by atoms with Crippen LogP contribution in [0.1, 0.15) is 25.3 Å². The summed E-state index contributed by atoms with van der Waals surface area (Å²) >= 11 is 0. The number of aliphatic hydroxyl groups excluding tert-OH is 1. The van der Waals surface area contributed by atoms with Gasteiger partial charge in [-0.15, -0.1) is 0 Å². The predicted octanol–water partition coefficient (Wildman–Crippen LogP) is 3.13. The van der Waals surface area contributed by atoms with E-state index in [1.807, 2.05) is 36.4 Å². The summed E-state index contributed by atoms with van der Waals surface area (Å²) < 4.78 is 0. The number of amides is 1. The Balaban J connectivity index is 1.71. The van der Waals surface area contributed by atoms with Crippen LogP contribution in [-0.4, -0.2) is 34.4 Å². The molecule has 2 aliphatic rings. The fraction of sp³-hybridized carbons (Fsp3) is 0.333. The molecule has 0 bridgehead atoms. The van der Waals surface area contributed by atoms with E-state index in [0.717, 1.165) is 24.1 Å². The number of rotatable bonds is 5. The van der Waals surface area contributed by atoms with E-state index in [-0.39, 0.29) is 12.5 Å². The van der Waals surface area contributed by atoms with Crippen LogP contribution in [0, 0.1) is 0 Å². The monoisotopic (exact) mass is 324 g/mol. The molecule has 124 valence electrons. The van der Waals surface area contributed by atoms with Crippen LogP contribution in [0.4, 0.5) is 5.69 Å². The van der Waals surface area contributed by atoms with Gasteiger partial charge in [-0.1, -0.05) is 24.3 Å². The van der Waals surface area contributed by atoms with Gasteiger partial charge in [-0.05, 0) is 50.0 Å². The van der Waals surface area contributed by atoms with Gasteiger partial charge in [0.05, 0.1) is 11.4 Å². The Morgan fingerprint density at radius 1 is 1.33 bits per heavy atom. The molecule has 0 saturated carbocycles. The smallest absolute Gasteiger partial charge is 0.279 e. The van der Waals surface area contributed by atoms with Gasteiger partial charge in [0.1, 0.15) is 0 Å². The SMILES string of the molecule is CC1=NN(C2=CC=CCC2)C(=O)C1N=Nc1ccc(CCO)cc1. The minimum absolute atomic E-state index is 0.119. The van der Waals surface area contributed by atoms with Crippen LogP contribution >= 0.6 is 0 Å². The number of hydrazone groups is 1. The lowest BCUT2D eigenvalue weighted by atomic mass is 10.1. The van der Waals surface area contributed by atoms with Crippen molar-refractivity contribution in [2.45, 2.75) is 32.2 Å². The standard InChI is InChI=1S/C18H20N4O2/c1-13-17(18(24)22(21-13)16-5-3-2-4-6-16)20-19-15-9-7-14(8-10-15)11-12-23/h2-3,5,7-10,17,23H,4,6,11-12H2,1H3. The van der Waals surface area contributed by atoms with Crippen molar-refractivity contribution < 1.29 is 9.90 Å². The maximum absolute atomic E-state index is 12.5. The summed E-state index contributed by atoms with van der Waals surface area (Å²) in [4.78, 5) is 12.5. The molecule has 3 rings (SSSR count). The fourth-order valence-electron chi connectivity index (χ4n) is 2.64. The number of hydrogen-bond donors (Lipinski definition) is 1. The number of azo groups is 1. The van der Waals surface area contributed by atoms with Crippen molar-refractivity contribution in [1.29, 1.82) is 0 Å². The molecule has 6 nitrogen and oxygen atoms in total. The van der Waals surface area contributed by atoms with E-state index in [0.29, 0.717) is 17.8 Å². The third-order valence-corrected chi connectivity index (χ3v) is 3.99. The van der Waals surface area contributed by atoms with Crippen molar-refractivity contribution >= 4 is 17.3 Å². The lowest BCUT2D eigenvalue weighted by molar-refractivity contribution is -0.128. The summed E-state index contributed by atoms with van der Waals surface area (Å²) in [5, 5.41) is 23.1. The Morgan fingerprint density at radius 3 is 2.79 bits per heavy atom. The normalized spacial score (nSPS) is 20.7. The van der Waals surface area contributed by atoms with Gasteiger partial charge in [0.25, 0.3) is 5.91 Å². The third-order valence-electron chi connectivity index (χ3n) is 3.99. The lowest BCUT2D eigenvalue weighted by Crippen LogP contribution is -2.29. The Morgan fingerprint density at radius 2 is 2.12 bits per heavy atom. The van der Waals surface area contributed by atoms with E-state index in [1.54, 1.807) is 6.92 Å². The highest BCUT2D eigenvalue weighted by Gasteiger charge is 2.35. The first-order valence-corrected chi connectivity index (χ1v) is 8.04. The fourth-order valence-corrected chi connectivity index (χ4v) is 2.64. The summed E-state index contributed by atoms with van der Waals surface area (Å²) in [7, 11) is 0. The second-order valence-electron chi connectivity index (χ2n) is 5.77. The van der Waals surface area contributed by atoms with Crippen LogP contribution in [0.15, 0.2) is 63.5 Å². The first kappa shape index (κ1) is 16.3. The molecule has 1 aromatic rings. The molecule has 1 atom stereocenters. The first-order chi connectivity index (χ1) is 11.7. The van der Waals surface area contributed by atoms with Gasteiger partial charge >= 0.3 is 0 Å². The number of carbonyl (C=O) groups is 1. The van der Waals surface area contributed by atoms with E-state index < -0.39 is 6.04 Å². The maximum Gasteiger partial charge on any atom is 0.279 e. The van der Waals surface area contributed by atoms with Crippen LogP contribution in [0.5, 0.6) is 0 Å². The molecular formula is C18H20N4O2. The zero-order valence-corrected chi connectivity index (χ0v) is 13.6. The maximum atomic E-state index is 12.5. The molecular weight excluding hydrogens is 304 g/mol. The minimum Gasteiger partial charge on any atom is -0.396 e. The largest absolute Gasteiger partial charge is 0.396 e. The molecule has 0 fully saturated rings. The summed E-state index contributed by atoms with van der Waals surface area (Å²) in [6.45, 7) is 1.92. The van der Waals surface area contributed by atoms with Crippen molar-refractivity contribution in [3.8, 4) is 0 Å². The molecule has 0 aromatic heterocycles. The lowest BCUT2D eigenvalue weighted by Gasteiger charge is -2.17. The molecule has 1 aliphatic carbocycles. The van der Waals surface area contributed by atoms with E-state index in [2.05, 4.69) is 21.4 Å². The third kappa shape index (κ3) is 3.49. The molecule has 1 unspecified atom stereocenters. The molecule has 1 amide bonds. The number of hydrogen-bond acceptors (Lipinski definition) is 5. The summed E-state index contributed by atoms with van der Waals surface area (Å²) in [6.07, 6.45) is 8.25. The molecule has 1 heterocycles. The quantitative estimate of drug-likeness (QED) is 0.845. The molecule has 0 radical (unpaired) electrons. The van der Waals surface area contributed by atoms with Crippen molar-refractivity contribution in [3.63, 3.8) is 0 Å². The van der Waals surface area contributed by atoms with Crippen LogP contribution in [0.25, 0.3) is 0 Å². The Hall–Kier alpha value is -2.60. The van der Waals surface area contributed by atoms with Crippen molar-refractivity contribution in [2.24, 2.45) is 15.3 Å². The number of nitrogens with zero attached hydrogens (tertiary/aromatic N) is 4. The summed E-state index contributed by atoms with van der Waals surface area (Å²) in [5.74, 6) is -0.158. The van der Waals surface area contributed by atoms with Gasteiger partial charge in [-0.3, -0.25) is 4.79 Å². The van der Waals surface area contributed by atoms with Crippen LogP contribution < -0.4 is 0 Å². The topological polar surface area (TPSA) is 77.6 Å². The predicted molar refractivity (Wildman–Crippen MR) is 91.9 cm³/mol. The van der Waals surface area contributed by atoms with E-state index in [4.69, 9.17) is 5.11 Å². The van der Waals surface area contributed by atoms with Gasteiger partial charge in [-0.25, -0.2) is 5.01 Å². The zero-order chi connectivity index (χ0) is 16.9. The molecule has 0 spiro atoms.